The molecule has 0 aliphatic carbocycles. The smallest absolute Gasteiger partial charge is 0.313 e. The fraction of sp³-hybridized carbons (Fsp3) is 0.188. The molecule has 0 saturated heterocycles. The van der Waals surface area contributed by atoms with Gasteiger partial charge in [-0.05, 0) is 36.2 Å². The van der Waals surface area contributed by atoms with Crippen molar-refractivity contribution in [3.8, 4) is 0 Å². The van der Waals surface area contributed by atoms with Gasteiger partial charge in [-0.2, -0.15) is 0 Å². The zero-order chi connectivity index (χ0) is 16.3. The molecule has 0 radical (unpaired) electrons. The molecule has 0 aromatic heterocycles. The lowest BCUT2D eigenvalue weighted by molar-refractivity contribution is -0.142. The maximum Gasteiger partial charge on any atom is 0.313 e. The van der Waals surface area contributed by atoms with Crippen LogP contribution in [0, 0.1) is 0 Å². The Balaban J connectivity index is 2.45. The van der Waals surface area contributed by atoms with Crippen molar-refractivity contribution in [1.82, 2.24) is 0 Å². The average molecular weight is 378 g/mol. The molecule has 0 heterocycles. The topological polar surface area (TPSA) is 26.3 Å². The maximum absolute atomic E-state index is 12.2. The van der Waals surface area contributed by atoms with Gasteiger partial charge in [-0.3, -0.25) is 4.79 Å². The number of benzene rings is 2. The van der Waals surface area contributed by atoms with Crippen molar-refractivity contribution in [2.45, 2.75) is 12.3 Å². The van der Waals surface area contributed by atoms with E-state index >= 15 is 0 Å². The van der Waals surface area contributed by atoms with Crippen LogP contribution in [0.15, 0.2) is 36.4 Å². The van der Waals surface area contributed by atoms with Gasteiger partial charge in [-0.1, -0.05) is 58.5 Å². The molecule has 0 bridgehead atoms. The standard InChI is InChI=1S/C16H12Cl4O2/c1-22-16(21)11(15-12(18)3-2-4-13(15)19)7-9-5-6-10(17)8-14(9)20/h2-6,8,11H,7H2,1H3/t11-/m0/s1. The minimum Gasteiger partial charge on any atom is -0.469 e. The summed E-state index contributed by atoms with van der Waals surface area (Å²) in [6, 6.07) is 10.2. The molecule has 2 aromatic rings. The summed E-state index contributed by atoms with van der Waals surface area (Å²) in [7, 11) is 1.32. The number of halogens is 4. The maximum atomic E-state index is 12.2. The van der Waals surface area contributed by atoms with E-state index in [4.69, 9.17) is 51.1 Å². The molecule has 0 saturated carbocycles. The van der Waals surface area contributed by atoms with Crippen LogP contribution in [0.25, 0.3) is 0 Å². The Kier molecular flexibility index (Phi) is 5.99. The summed E-state index contributed by atoms with van der Waals surface area (Å²) in [5.41, 5.74) is 1.29. The van der Waals surface area contributed by atoms with Gasteiger partial charge in [0.2, 0.25) is 0 Å². The molecule has 2 rings (SSSR count). The van der Waals surface area contributed by atoms with Crippen LogP contribution in [0.2, 0.25) is 20.1 Å². The van der Waals surface area contributed by atoms with Gasteiger partial charge in [0.1, 0.15) is 0 Å². The fourth-order valence-electron chi connectivity index (χ4n) is 2.20. The lowest BCUT2D eigenvalue weighted by atomic mass is 9.91. The molecule has 6 heteroatoms. The van der Waals surface area contributed by atoms with E-state index in [9.17, 15) is 4.79 Å². The summed E-state index contributed by atoms with van der Waals surface area (Å²) in [6.07, 6.45) is 0.312. The monoisotopic (exact) mass is 376 g/mol. The molecule has 22 heavy (non-hydrogen) atoms. The van der Waals surface area contributed by atoms with Crippen LogP contribution < -0.4 is 0 Å². The predicted molar refractivity (Wildman–Crippen MR) is 91.4 cm³/mol. The first-order valence-corrected chi connectivity index (χ1v) is 7.91. The first kappa shape index (κ1) is 17.4. The highest BCUT2D eigenvalue weighted by Crippen LogP contribution is 2.36. The molecule has 0 aliphatic rings. The van der Waals surface area contributed by atoms with E-state index in [0.29, 0.717) is 32.1 Å². The minimum absolute atomic E-state index is 0.312. The van der Waals surface area contributed by atoms with Crippen LogP contribution in [0.4, 0.5) is 0 Å². The quantitative estimate of drug-likeness (QED) is 0.629. The number of esters is 1. The number of carbonyl (C=O) groups is 1. The average Bonchev–Trinajstić information content (AvgIpc) is 2.47. The van der Waals surface area contributed by atoms with Crippen molar-refractivity contribution in [3.05, 3.63) is 67.6 Å². The van der Waals surface area contributed by atoms with Crippen LogP contribution in [0.3, 0.4) is 0 Å². The second-order valence-electron chi connectivity index (χ2n) is 4.65. The SMILES string of the molecule is COC(=O)[C@@H](Cc1ccc(Cl)cc1Cl)c1c(Cl)cccc1Cl. The number of ether oxygens (including phenoxy) is 1. The van der Waals surface area contributed by atoms with Crippen LogP contribution >= 0.6 is 46.4 Å². The fourth-order valence-corrected chi connectivity index (χ4v) is 3.34. The third-order valence-electron chi connectivity index (χ3n) is 3.27. The van der Waals surface area contributed by atoms with Gasteiger partial charge in [0.15, 0.2) is 0 Å². The Bertz CT molecular complexity index is 680. The van der Waals surface area contributed by atoms with E-state index in [1.165, 1.54) is 7.11 Å². The zero-order valence-electron chi connectivity index (χ0n) is 11.6. The van der Waals surface area contributed by atoms with E-state index in [2.05, 4.69) is 0 Å². The van der Waals surface area contributed by atoms with E-state index in [1.807, 2.05) is 0 Å². The van der Waals surface area contributed by atoms with E-state index < -0.39 is 11.9 Å². The van der Waals surface area contributed by atoms with E-state index in [0.717, 1.165) is 5.56 Å². The Hall–Kier alpha value is -0.930. The van der Waals surface area contributed by atoms with Crippen LogP contribution in [0.5, 0.6) is 0 Å². The van der Waals surface area contributed by atoms with Gasteiger partial charge in [0.05, 0.1) is 13.0 Å². The molecule has 0 unspecified atom stereocenters. The van der Waals surface area contributed by atoms with Crippen molar-refractivity contribution >= 4 is 52.4 Å². The molecular weight excluding hydrogens is 366 g/mol. The molecule has 0 fully saturated rings. The Morgan fingerprint density at radius 2 is 1.68 bits per heavy atom. The molecule has 116 valence electrons. The molecule has 1 atom stereocenters. The zero-order valence-corrected chi connectivity index (χ0v) is 14.6. The molecule has 0 spiro atoms. The molecule has 2 nitrogen and oxygen atoms in total. The van der Waals surface area contributed by atoms with Gasteiger partial charge in [-0.25, -0.2) is 0 Å². The van der Waals surface area contributed by atoms with Crippen LogP contribution in [-0.4, -0.2) is 13.1 Å². The van der Waals surface area contributed by atoms with E-state index in [-0.39, 0.29) is 0 Å². The predicted octanol–water partition coefficient (Wildman–Crippen LogP) is 5.80. The van der Waals surface area contributed by atoms with Gasteiger partial charge in [0.25, 0.3) is 0 Å². The molecule has 0 aliphatic heterocycles. The highest BCUT2D eigenvalue weighted by Gasteiger charge is 2.27. The second kappa shape index (κ2) is 7.56. The summed E-state index contributed by atoms with van der Waals surface area (Å²) in [6.45, 7) is 0. The normalized spacial score (nSPS) is 12.0. The van der Waals surface area contributed by atoms with Gasteiger partial charge >= 0.3 is 5.97 Å². The van der Waals surface area contributed by atoms with Crippen molar-refractivity contribution in [2.24, 2.45) is 0 Å². The molecule has 0 amide bonds. The number of carbonyl (C=O) groups excluding carboxylic acids is 1. The number of hydrogen-bond acceptors (Lipinski definition) is 2. The number of methoxy groups -OCH3 is 1. The summed E-state index contributed by atoms with van der Waals surface area (Å²) < 4.78 is 4.89. The summed E-state index contributed by atoms with van der Waals surface area (Å²) in [4.78, 5) is 12.2. The van der Waals surface area contributed by atoms with Crippen molar-refractivity contribution < 1.29 is 9.53 Å². The molecule has 2 aromatic carbocycles. The Morgan fingerprint density at radius 1 is 1.05 bits per heavy atom. The molecular formula is C16H12Cl4O2. The van der Waals surface area contributed by atoms with Gasteiger partial charge < -0.3 is 4.74 Å². The third kappa shape index (κ3) is 3.88. The first-order chi connectivity index (χ1) is 10.4. The Morgan fingerprint density at radius 3 is 2.23 bits per heavy atom. The van der Waals surface area contributed by atoms with Gasteiger partial charge in [0, 0.05) is 25.7 Å². The van der Waals surface area contributed by atoms with Gasteiger partial charge in [-0.15, -0.1) is 0 Å². The van der Waals surface area contributed by atoms with Crippen molar-refractivity contribution in [3.63, 3.8) is 0 Å². The minimum atomic E-state index is -0.648. The molecule has 0 N–H and O–H groups in total. The summed E-state index contributed by atoms with van der Waals surface area (Å²) >= 11 is 24.5. The lowest BCUT2D eigenvalue weighted by Gasteiger charge is -2.18. The highest BCUT2D eigenvalue weighted by atomic mass is 35.5. The lowest BCUT2D eigenvalue weighted by Crippen LogP contribution is -2.18. The van der Waals surface area contributed by atoms with Crippen molar-refractivity contribution in [1.29, 1.82) is 0 Å². The third-order valence-corrected chi connectivity index (χ3v) is 4.52. The van der Waals surface area contributed by atoms with Crippen molar-refractivity contribution in [2.75, 3.05) is 7.11 Å². The van der Waals surface area contributed by atoms with Crippen LogP contribution in [-0.2, 0) is 16.0 Å². The van der Waals surface area contributed by atoms with Crippen LogP contribution in [0.1, 0.15) is 17.0 Å². The largest absolute Gasteiger partial charge is 0.469 e. The number of hydrogen-bond donors (Lipinski definition) is 0. The highest BCUT2D eigenvalue weighted by molar-refractivity contribution is 6.36. The number of rotatable bonds is 4. The second-order valence-corrected chi connectivity index (χ2v) is 6.31. The Labute approximate surface area is 148 Å². The first-order valence-electron chi connectivity index (χ1n) is 6.39. The summed E-state index contributed by atoms with van der Waals surface area (Å²) in [5, 5.41) is 1.82. The van der Waals surface area contributed by atoms with E-state index in [1.54, 1.807) is 36.4 Å². The summed E-state index contributed by atoms with van der Waals surface area (Å²) in [5.74, 6) is -1.08.